The molecule has 7 N–H and O–H groups in total. The van der Waals surface area contributed by atoms with Gasteiger partial charge in [0.05, 0.1) is 54.0 Å². The maximum absolute atomic E-state index is 14.1. The zero-order valence-corrected chi connectivity index (χ0v) is 49.0. The Kier molecular flexibility index (Phi) is 23.3. The molecule has 2 aromatic carbocycles. The number of unbranched alkanes of at least 4 members (excludes halogenated alkanes) is 1. The van der Waals surface area contributed by atoms with Gasteiger partial charge in [-0.2, -0.15) is 4.31 Å². The van der Waals surface area contributed by atoms with Gasteiger partial charge in [0.15, 0.2) is 5.16 Å². The first kappa shape index (κ1) is 64.1. The lowest BCUT2D eigenvalue weighted by molar-refractivity contribution is -0.159. The van der Waals surface area contributed by atoms with Gasteiger partial charge in [0.2, 0.25) is 39.8 Å². The number of carbonyl (C=O) groups is 7. The number of nitrogens with one attached hydrogen (secondary N) is 5. The Morgan fingerprint density at radius 2 is 1.62 bits per heavy atom. The summed E-state index contributed by atoms with van der Waals surface area (Å²) in [5.74, 6) is 3.07. The molecule has 0 saturated heterocycles. The number of nitrogens with two attached hydrogens (primary N) is 1. The molecule has 85 heavy (non-hydrogen) atoms. The van der Waals surface area contributed by atoms with Gasteiger partial charge in [-0.3, -0.25) is 24.0 Å². The lowest BCUT2D eigenvalue weighted by Crippen LogP contribution is -2.46. The molecule has 2 atom stereocenters. The van der Waals surface area contributed by atoms with E-state index in [0.717, 1.165) is 22.8 Å². The molecule has 2 aliphatic heterocycles. The number of sulfonamides is 1. The summed E-state index contributed by atoms with van der Waals surface area (Å²) in [4.78, 5) is 116. The number of esters is 1. The lowest BCUT2D eigenvalue weighted by atomic mass is 9.97. The maximum Gasteiger partial charge on any atom is 0.509 e. The van der Waals surface area contributed by atoms with Gasteiger partial charge in [-0.1, -0.05) is 53.9 Å². The second kappa shape index (κ2) is 30.9. The summed E-state index contributed by atoms with van der Waals surface area (Å²) < 4.78 is 55.2. The molecule has 0 aliphatic carbocycles. The highest BCUT2D eigenvalue weighted by atomic mass is 32.2. The highest BCUT2D eigenvalue weighted by molar-refractivity contribution is 7.98. The van der Waals surface area contributed by atoms with Crippen LogP contribution in [0.2, 0.25) is 0 Å². The Bertz CT molecular complexity index is 3500. The molecule has 0 radical (unpaired) electrons. The van der Waals surface area contributed by atoms with Crippen molar-refractivity contribution < 1.29 is 65.7 Å². The van der Waals surface area contributed by atoms with Crippen molar-refractivity contribution in [2.75, 3.05) is 70.4 Å². The molecule has 0 unspecified atom stereocenters. The average molecular weight is 1210 g/mol. The van der Waals surface area contributed by atoms with Crippen molar-refractivity contribution >= 4 is 80.2 Å². The molecule has 0 fully saturated rings. The molecular formula is C57H67N11O15S2. The third kappa shape index (κ3) is 18.5. The van der Waals surface area contributed by atoms with Crippen molar-refractivity contribution in [2.24, 2.45) is 5.73 Å². The van der Waals surface area contributed by atoms with E-state index in [9.17, 15) is 46.8 Å². The van der Waals surface area contributed by atoms with E-state index >= 15 is 0 Å². The number of pyridine rings is 2. The van der Waals surface area contributed by atoms with Crippen LogP contribution in [0.15, 0.2) is 76.9 Å². The summed E-state index contributed by atoms with van der Waals surface area (Å²) in [6.07, 6.45) is 5.53. The number of hydrogen-bond acceptors (Lipinski definition) is 19. The van der Waals surface area contributed by atoms with Crippen LogP contribution in [0, 0.1) is 11.8 Å². The van der Waals surface area contributed by atoms with Crippen molar-refractivity contribution in [2.45, 2.75) is 95.5 Å². The van der Waals surface area contributed by atoms with Crippen LogP contribution in [0.3, 0.4) is 0 Å². The summed E-state index contributed by atoms with van der Waals surface area (Å²) in [5.41, 5.74) is 9.38. The van der Waals surface area contributed by atoms with Gasteiger partial charge in [0.1, 0.15) is 32.5 Å². The number of fused-ring (bicyclic) bond motifs is 5. The van der Waals surface area contributed by atoms with E-state index in [1.807, 2.05) is 30.5 Å². The number of urea groups is 1. The molecule has 2 aliphatic rings. The Morgan fingerprint density at radius 1 is 0.906 bits per heavy atom. The number of thioether (sulfide) groups is 1. The molecule has 6 amide bonds. The fourth-order valence-electron chi connectivity index (χ4n) is 9.27. The minimum atomic E-state index is -3.53. The number of aromatic nitrogens is 4. The summed E-state index contributed by atoms with van der Waals surface area (Å²) in [7, 11) is -3.53. The molecule has 3 aromatic heterocycles. The topological polar surface area (TPSA) is 350 Å². The van der Waals surface area contributed by atoms with Crippen LogP contribution in [-0.2, 0) is 83.9 Å². The van der Waals surface area contributed by atoms with Crippen molar-refractivity contribution in [3.8, 4) is 23.2 Å². The number of nitrogens with zero attached hydrogens (tertiary/aromatic N) is 5. The second-order valence-corrected chi connectivity index (χ2v) is 22.5. The van der Waals surface area contributed by atoms with E-state index in [1.165, 1.54) is 32.8 Å². The lowest BCUT2D eigenvalue weighted by Gasteiger charge is -2.24. The minimum absolute atomic E-state index is 0.0710. The number of ether oxygens (including phenoxy) is 5. The standard InChI is InChI=1S/C57H67N11O15S2/c1-35(2)68(85(4,77)78)24-20-39-40-12-8-9-13-44(40)66-50-42(39)30-67-46(50)27-41-43(53(67)73)32-81-54(74)51(41)83-57(76)82-31-36-16-18-38(19-17-36)64-52(72)45(14-10-21-61-55(58)75)65-49(71)34-80-33-48(70)60-23-26-79-25-22-59-47(69)15-7-5-6-11-37-28-62-56(84-3)63-29-37/h8-9,12-13,16-19,27-29,35,45,51H,5,7,10,14-15,20-26,30-34H2,1-4H3,(H,59,69)(H,60,70)(H,64,72)(H,65,71)(H3,58,61,75)/t45-,51-/m0/s1. The third-order valence-corrected chi connectivity index (χ3v) is 15.3. The summed E-state index contributed by atoms with van der Waals surface area (Å²) in [5, 5.41) is 14.5. The monoisotopic (exact) mass is 1210 g/mol. The molecule has 28 heteroatoms. The molecule has 5 aromatic rings. The number of rotatable bonds is 29. The molecule has 5 heterocycles. The highest BCUT2D eigenvalue weighted by Crippen LogP contribution is 2.39. The Balaban J connectivity index is 0.846. The maximum atomic E-state index is 14.1. The van der Waals surface area contributed by atoms with Crippen LogP contribution in [-0.4, -0.2) is 151 Å². The Hall–Kier alpha value is -8.49. The van der Waals surface area contributed by atoms with Gasteiger partial charge < -0.3 is 60.6 Å². The first-order valence-electron chi connectivity index (χ1n) is 27.2. The minimum Gasteiger partial charge on any atom is -0.458 e. The van der Waals surface area contributed by atoms with Crippen LogP contribution in [0.4, 0.5) is 15.3 Å². The number of primary amides is 1. The molecule has 0 spiro atoms. The van der Waals surface area contributed by atoms with Crippen LogP contribution >= 0.6 is 11.8 Å². The summed E-state index contributed by atoms with van der Waals surface area (Å²) >= 11 is 1.44. The van der Waals surface area contributed by atoms with E-state index in [1.54, 1.807) is 44.4 Å². The predicted molar refractivity (Wildman–Crippen MR) is 311 cm³/mol. The Morgan fingerprint density at radius 3 is 2.33 bits per heavy atom. The van der Waals surface area contributed by atoms with Gasteiger partial charge in [-0.05, 0) is 81.2 Å². The zero-order valence-electron chi connectivity index (χ0n) is 47.4. The van der Waals surface area contributed by atoms with Crippen LogP contribution in [0.5, 0.6) is 0 Å². The fraction of sp³-hybridized carbons (Fsp3) is 0.421. The van der Waals surface area contributed by atoms with Gasteiger partial charge >= 0.3 is 18.2 Å². The number of para-hydroxylation sites is 1. The van der Waals surface area contributed by atoms with Crippen molar-refractivity contribution in [1.29, 1.82) is 0 Å². The van der Waals surface area contributed by atoms with Gasteiger partial charge in [0.25, 0.3) is 5.56 Å². The third-order valence-electron chi connectivity index (χ3n) is 13.3. The number of carbonyl (C=O) groups excluding carboxylic acids is 7. The summed E-state index contributed by atoms with van der Waals surface area (Å²) in [6.45, 7) is 3.09. The number of cyclic esters (lactones) is 1. The quantitative estimate of drug-likeness (QED) is 0.0129. The van der Waals surface area contributed by atoms with E-state index in [4.69, 9.17) is 34.4 Å². The van der Waals surface area contributed by atoms with Crippen molar-refractivity contribution in [1.82, 2.24) is 45.1 Å². The van der Waals surface area contributed by atoms with E-state index in [-0.39, 0.29) is 95.1 Å². The highest BCUT2D eigenvalue weighted by Gasteiger charge is 2.39. The van der Waals surface area contributed by atoms with Gasteiger partial charge in [-0.15, -0.1) is 0 Å². The predicted octanol–water partition coefficient (Wildman–Crippen LogP) is 2.96. The molecule has 452 valence electrons. The number of hydrogen-bond donors (Lipinski definition) is 6. The number of benzene rings is 2. The fourth-order valence-corrected chi connectivity index (χ4v) is 10.8. The Labute approximate surface area is 494 Å². The molecule has 7 rings (SSSR count). The SMILES string of the molecule is CSc1ncc(C#CCCCC(=O)NCCOCCNC(=O)COCC(=O)N[C@@H](CCCNC(N)=O)C(=O)Nc2ccc(COC(=O)O[C@@H]3C(=O)OCc4c3cc3n(c4=O)Cc4c-3nc3ccccc3c4CCN(C(C)C)S(C)(=O)=O)cc2)cn1. The zero-order chi connectivity index (χ0) is 61.0. The molecule has 26 nitrogen and oxygen atoms in total. The second-order valence-electron chi connectivity index (χ2n) is 19.8. The smallest absolute Gasteiger partial charge is 0.458 e. The van der Waals surface area contributed by atoms with Crippen molar-refractivity contribution in [3.63, 3.8) is 0 Å². The van der Waals surface area contributed by atoms with Crippen molar-refractivity contribution in [3.05, 3.63) is 111 Å². The first-order valence-corrected chi connectivity index (χ1v) is 30.3. The van der Waals surface area contributed by atoms with E-state index in [2.05, 4.69) is 48.4 Å². The summed E-state index contributed by atoms with van der Waals surface area (Å²) in [6, 6.07) is 12.9. The van der Waals surface area contributed by atoms with E-state index < -0.39 is 76.8 Å². The average Bonchev–Trinajstić information content (AvgIpc) is 1.76. The molecular weight excluding hydrogens is 1140 g/mol. The van der Waals surface area contributed by atoms with Crippen LogP contribution < -0.4 is 37.9 Å². The molecule has 0 saturated carbocycles. The van der Waals surface area contributed by atoms with Gasteiger partial charge in [0, 0.05) is 79.7 Å². The number of anilines is 1. The largest absolute Gasteiger partial charge is 0.509 e. The van der Waals surface area contributed by atoms with Crippen LogP contribution in [0.25, 0.3) is 22.3 Å². The van der Waals surface area contributed by atoms with Gasteiger partial charge in [-0.25, -0.2) is 37.8 Å². The normalized spacial score (nSPS) is 13.5. The molecule has 0 bridgehead atoms. The number of amides is 6. The van der Waals surface area contributed by atoms with Crippen LogP contribution in [0.1, 0.15) is 85.4 Å². The first-order chi connectivity index (χ1) is 40.8. The van der Waals surface area contributed by atoms with E-state index in [0.29, 0.717) is 64.6 Å².